The second kappa shape index (κ2) is 6.28. The molecule has 0 spiro atoms. The molecule has 0 saturated carbocycles. The Hall–Kier alpha value is -1.57. The van der Waals surface area contributed by atoms with E-state index in [1.807, 2.05) is 32.0 Å². The van der Waals surface area contributed by atoms with Crippen molar-refractivity contribution in [2.45, 2.75) is 39.5 Å². The van der Waals surface area contributed by atoms with Crippen molar-refractivity contribution in [3.63, 3.8) is 0 Å². The molecule has 7 heteroatoms. The number of rotatable bonds is 3. The standard InChI is InChI=1S/C15H21N5OS/c1-11-5-3-6-12(2)14(11)20-15(22)19(16-17-20)10-18-8-4-7-13(21)9-18/h3,5-6,13,21H,4,7-10H2,1-2H3/t13-/m0/s1. The predicted octanol–water partition coefficient (Wildman–Crippen LogP) is 1.83. The van der Waals surface area contributed by atoms with Gasteiger partial charge in [-0.3, -0.25) is 4.90 Å². The van der Waals surface area contributed by atoms with Gasteiger partial charge in [0, 0.05) is 13.1 Å². The van der Waals surface area contributed by atoms with Crippen LogP contribution in [0.5, 0.6) is 0 Å². The molecule has 1 saturated heterocycles. The average Bonchev–Trinajstić information content (AvgIpc) is 2.81. The van der Waals surface area contributed by atoms with E-state index in [1.54, 1.807) is 9.36 Å². The van der Waals surface area contributed by atoms with Gasteiger partial charge in [-0.2, -0.15) is 4.68 Å². The molecule has 0 bridgehead atoms. The summed E-state index contributed by atoms with van der Waals surface area (Å²) in [5.41, 5.74) is 3.24. The van der Waals surface area contributed by atoms with Crippen LogP contribution in [0.3, 0.4) is 0 Å². The van der Waals surface area contributed by atoms with E-state index in [4.69, 9.17) is 12.2 Å². The summed E-state index contributed by atoms with van der Waals surface area (Å²) in [6.07, 6.45) is 1.62. The maximum absolute atomic E-state index is 9.76. The first-order valence-corrected chi connectivity index (χ1v) is 7.97. The number of aryl methyl sites for hydroxylation is 2. The molecule has 2 aromatic rings. The van der Waals surface area contributed by atoms with E-state index in [0.29, 0.717) is 18.0 Å². The third-order valence-corrected chi connectivity index (χ3v) is 4.49. The third kappa shape index (κ3) is 2.97. The van der Waals surface area contributed by atoms with Crippen LogP contribution in [0.1, 0.15) is 24.0 Å². The highest BCUT2D eigenvalue weighted by Gasteiger charge is 2.19. The van der Waals surface area contributed by atoms with Crippen LogP contribution >= 0.6 is 12.2 Å². The van der Waals surface area contributed by atoms with E-state index >= 15 is 0 Å². The number of aliphatic hydroxyl groups excluding tert-OH is 1. The number of likely N-dealkylation sites (tertiary alicyclic amines) is 1. The molecule has 0 aliphatic carbocycles. The number of piperidine rings is 1. The lowest BCUT2D eigenvalue weighted by atomic mass is 10.1. The van der Waals surface area contributed by atoms with Gasteiger partial charge in [0.1, 0.15) is 0 Å². The van der Waals surface area contributed by atoms with Crippen molar-refractivity contribution in [3.8, 4) is 5.69 Å². The number of aliphatic hydroxyl groups is 1. The van der Waals surface area contributed by atoms with Crippen LogP contribution in [0, 0.1) is 18.6 Å². The molecule has 1 fully saturated rings. The van der Waals surface area contributed by atoms with Crippen molar-refractivity contribution < 1.29 is 5.11 Å². The number of nitrogens with zero attached hydrogens (tertiary/aromatic N) is 5. The van der Waals surface area contributed by atoms with Crippen LogP contribution in [-0.4, -0.2) is 49.0 Å². The maximum Gasteiger partial charge on any atom is 0.221 e. The van der Waals surface area contributed by atoms with Gasteiger partial charge in [-0.05, 0) is 60.5 Å². The van der Waals surface area contributed by atoms with Gasteiger partial charge in [0.15, 0.2) is 0 Å². The van der Waals surface area contributed by atoms with Gasteiger partial charge in [-0.25, -0.2) is 4.68 Å². The number of aromatic nitrogens is 4. The second-order valence-corrected chi connectivity index (χ2v) is 6.29. The van der Waals surface area contributed by atoms with Crippen LogP contribution in [0.15, 0.2) is 18.2 Å². The molecule has 1 aromatic heterocycles. The van der Waals surface area contributed by atoms with Crippen LogP contribution in [0.2, 0.25) is 0 Å². The van der Waals surface area contributed by atoms with Crippen LogP contribution in [-0.2, 0) is 6.67 Å². The molecule has 1 aromatic carbocycles. The third-order valence-electron chi connectivity index (χ3n) is 4.11. The molecule has 0 amide bonds. The molecule has 118 valence electrons. The topological polar surface area (TPSA) is 59.1 Å². The van der Waals surface area contributed by atoms with E-state index in [-0.39, 0.29) is 6.10 Å². The Kier molecular flexibility index (Phi) is 4.37. The smallest absolute Gasteiger partial charge is 0.221 e. The lowest BCUT2D eigenvalue weighted by molar-refractivity contribution is 0.0509. The molecule has 3 rings (SSSR count). The minimum atomic E-state index is -0.253. The number of hydrogen-bond acceptors (Lipinski definition) is 5. The summed E-state index contributed by atoms with van der Waals surface area (Å²) in [4.78, 5) is 2.16. The fourth-order valence-corrected chi connectivity index (χ4v) is 3.21. The fourth-order valence-electron chi connectivity index (χ4n) is 2.99. The zero-order valence-corrected chi connectivity index (χ0v) is 13.8. The Morgan fingerprint density at radius 1 is 1.27 bits per heavy atom. The monoisotopic (exact) mass is 319 g/mol. The van der Waals surface area contributed by atoms with Crippen molar-refractivity contribution in [1.82, 2.24) is 24.7 Å². The summed E-state index contributed by atoms with van der Waals surface area (Å²) < 4.78 is 4.03. The van der Waals surface area contributed by atoms with Crippen molar-refractivity contribution in [2.75, 3.05) is 13.1 Å². The molecule has 1 aliphatic rings. The van der Waals surface area contributed by atoms with Gasteiger partial charge in [0.05, 0.1) is 18.5 Å². The molecule has 1 atom stereocenters. The minimum absolute atomic E-state index is 0.253. The molecule has 1 N–H and O–H groups in total. The quantitative estimate of drug-likeness (QED) is 0.875. The highest BCUT2D eigenvalue weighted by Crippen LogP contribution is 2.18. The lowest BCUT2D eigenvalue weighted by Gasteiger charge is -2.29. The van der Waals surface area contributed by atoms with E-state index in [0.717, 1.165) is 36.2 Å². The summed E-state index contributed by atoms with van der Waals surface area (Å²) in [7, 11) is 0. The zero-order chi connectivity index (χ0) is 15.7. The van der Waals surface area contributed by atoms with Gasteiger partial charge < -0.3 is 5.11 Å². The largest absolute Gasteiger partial charge is 0.392 e. The average molecular weight is 319 g/mol. The number of β-amino-alcohol motifs (C(OH)–C–C–N with tert-alkyl or cyclic N) is 1. The van der Waals surface area contributed by atoms with Gasteiger partial charge >= 0.3 is 0 Å². The summed E-state index contributed by atoms with van der Waals surface area (Å²) in [6, 6.07) is 6.12. The first-order valence-electron chi connectivity index (χ1n) is 7.56. The fraction of sp³-hybridized carbons (Fsp3) is 0.533. The van der Waals surface area contributed by atoms with Crippen LogP contribution in [0.4, 0.5) is 0 Å². The normalized spacial score (nSPS) is 19.5. The van der Waals surface area contributed by atoms with E-state index in [2.05, 4.69) is 15.3 Å². The molecule has 22 heavy (non-hydrogen) atoms. The van der Waals surface area contributed by atoms with Gasteiger partial charge in [-0.15, -0.1) is 0 Å². The summed E-state index contributed by atoms with van der Waals surface area (Å²) in [6.45, 7) is 6.28. The minimum Gasteiger partial charge on any atom is -0.392 e. The molecular weight excluding hydrogens is 298 g/mol. The van der Waals surface area contributed by atoms with Crippen molar-refractivity contribution >= 4 is 12.2 Å². The Morgan fingerprint density at radius 3 is 2.68 bits per heavy atom. The Morgan fingerprint density at radius 2 is 2.00 bits per heavy atom. The number of para-hydroxylation sites is 1. The maximum atomic E-state index is 9.76. The first-order chi connectivity index (χ1) is 10.6. The molecule has 2 heterocycles. The zero-order valence-electron chi connectivity index (χ0n) is 12.9. The predicted molar refractivity (Wildman–Crippen MR) is 86.5 cm³/mol. The number of tetrazole rings is 1. The van der Waals surface area contributed by atoms with Crippen molar-refractivity contribution in [3.05, 3.63) is 34.1 Å². The first kappa shape index (κ1) is 15.3. The Labute approximate surface area is 135 Å². The summed E-state index contributed by atoms with van der Waals surface area (Å²) in [5.74, 6) is 0. The summed E-state index contributed by atoms with van der Waals surface area (Å²) >= 11 is 5.54. The van der Waals surface area contributed by atoms with E-state index < -0.39 is 0 Å². The summed E-state index contributed by atoms with van der Waals surface area (Å²) in [5, 5.41) is 18.2. The highest BCUT2D eigenvalue weighted by molar-refractivity contribution is 7.71. The van der Waals surface area contributed by atoms with E-state index in [1.165, 1.54) is 0 Å². The van der Waals surface area contributed by atoms with Crippen LogP contribution in [0.25, 0.3) is 5.69 Å². The Bertz CT molecular complexity index is 703. The SMILES string of the molecule is Cc1cccc(C)c1-n1nnn(CN2CCC[C@H](O)C2)c1=S. The number of benzene rings is 1. The molecule has 0 unspecified atom stereocenters. The highest BCUT2D eigenvalue weighted by atomic mass is 32.1. The molecular formula is C15H21N5OS. The van der Waals surface area contributed by atoms with Crippen molar-refractivity contribution in [1.29, 1.82) is 0 Å². The lowest BCUT2D eigenvalue weighted by Crippen LogP contribution is -2.39. The van der Waals surface area contributed by atoms with Gasteiger partial charge in [0.25, 0.3) is 0 Å². The van der Waals surface area contributed by atoms with Crippen LogP contribution < -0.4 is 0 Å². The van der Waals surface area contributed by atoms with Gasteiger partial charge in [0.2, 0.25) is 4.77 Å². The molecule has 0 radical (unpaired) electrons. The molecule has 6 nitrogen and oxygen atoms in total. The Balaban J connectivity index is 1.88. The van der Waals surface area contributed by atoms with Crippen molar-refractivity contribution in [2.24, 2.45) is 0 Å². The molecule has 1 aliphatic heterocycles. The van der Waals surface area contributed by atoms with Gasteiger partial charge in [-0.1, -0.05) is 18.2 Å². The number of hydrogen-bond donors (Lipinski definition) is 1. The second-order valence-electron chi connectivity index (χ2n) is 5.93. The van der Waals surface area contributed by atoms with E-state index in [9.17, 15) is 5.11 Å².